The van der Waals surface area contributed by atoms with Crippen LogP contribution < -0.4 is 0 Å². The van der Waals surface area contributed by atoms with Crippen molar-refractivity contribution < 1.29 is 0 Å². The first-order valence-corrected chi connectivity index (χ1v) is 3.35. The molecule has 0 aromatic heterocycles. The second-order valence-electron chi connectivity index (χ2n) is 2.44. The Morgan fingerprint density at radius 1 is 1.50 bits per heavy atom. The van der Waals surface area contributed by atoms with Gasteiger partial charge in [-0.2, -0.15) is 0 Å². The molecule has 10 heavy (non-hydrogen) atoms. The minimum Gasteiger partial charge on any atom is -0.313 e. The minimum atomic E-state index is 0.197. The number of allylic oxidation sites excluding steroid dienone is 1. The fourth-order valence-corrected chi connectivity index (χ4v) is 0.383. The van der Waals surface area contributed by atoms with E-state index < -0.39 is 0 Å². The largest absolute Gasteiger partial charge is 0.313 e. The molecule has 0 radical (unpaired) electrons. The highest BCUT2D eigenvalue weighted by Crippen LogP contribution is 1.91. The Bertz CT molecular complexity index is 153. The monoisotopic (exact) mass is 138 g/mol. The van der Waals surface area contributed by atoms with Gasteiger partial charge in [-0.05, 0) is 13.8 Å². The molecule has 0 aromatic rings. The van der Waals surface area contributed by atoms with Crippen LogP contribution in [0.1, 0.15) is 20.8 Å². The first kappa shape index (κ1) is 9.08. The predicted octanol–water partition coefficient (Wildman–Crippen LogP) is 2.27. The van der Waals surface area contributed by atoms with Crippen LogP contribution in [0.4, 0.5) is 0 Å². The van der Waals surface area contributed by atoms with Crippen molar-refractivity contribution in [1.29, 1.82) is 5.41 Å². The Hall–Kier alpha value is -0.920. The quantitative estimate of drug-likeness (QED) is 0.581. The van der Waals surface area contributed by atoms with E-state index in [9.17, 15) is 0 Å². The lowest BCUT2D eigenvalue weighted by molar-refractivity contribution is 1.01. The summed E-state index contributed by atoms with van der Waals surface area (Å²) in [5.74, 6) is 0.197. The molecule has 0 aromatic carbocycles. The van der Waals surface area contributed by atoms with Gasteiger partial charge in [0.25, 0.3) is 0 Å². The minimum absolute atomic E-state index is 0.197. The van der Waals surface area contributed by atoms with E-state index in [1.807, 2.05) is 26.8 Å². The van der Waals surface area contributed by atoms with Gasteiger partial charge in [0.1, 0.15) is 0 Å². The molecule has 0 heterocycles. The summed E-state index contributed by atoms with van der Waals surface area (Å²) in [6, 6.07) is 0. The number of hydrogen-bond donors (Lipinski definition) is 1. The topological polar surface area (TPSA) is 36.2 Å². The average Bonchev–Trinajstić information content (AvgIpc) is 1.87. The molecule has 1 N–H and O–H groups in total. The Labute approximate surface area is 62.2 Å². The highest BCUT2D eigenvalue weighted by Gasteiger charge is 1.85. The molecule has 2 nitrogen and oxygen atoms in total. The number of rotatable bonds is 3. The first-order valence-electron chi connectivity index (χ1n) is 3.35. The lowest BCUT2D eigenvalue weighted by atomic mass is 10.2. The van der Waals surface area contributed by atoms with Crippen LogP contribution in [-0.4, -0.2) is 11.9 Å². The van der Waals surface area contributed by atoms with E-state index in [-0.39, 0.29) is 5.92 Å². The van der Waals surface area contributed by atoms with Gasteiger partial charge in [0.2, 0.25) is 0 Å². The Morgan fingerprint density at radius 3 is 2.50 bits per heavy atom. The van der Waals surface area contributed by atoms with Crippen LogP contribution in [0.3, 0.4) is 0 Å². The van der Waals surface area contributed by atoms with Crippen LogP contribution in [0.2, 0.25) is 0 Å². The highest BCUT2D eigenvalue weighted by molar-refractivity contribution is 5.79. The van der Waals surface area contributed by atoms with Crippen LogP contribution in [-0.2, 0) is 0 Å². The zero-order valence-electron chi connectivity index (χ0n) is 6.76. The van der Waals surface area contributed by atoms with Gasteiger partial charge in [-0.3, -0.25) is 4.99 Å². The fourth-order valence-electron chi connectivity index (χ4n) is 0.383. The van der Waals surface area contributed by atoms with Gasteiger partial charge in [-0.1, -0.05) is 13.0 Å². The maximum Gasteiger partial charge on any atom is 0.0233 e. The number of hydrogen-bond acceptors (Lipinski definition) is 2. The Balaban J connectivity index is 3.76. The van der Waals surface area contributed by atoms with Crippen LogP contribution in [0, 0.1) is 11.3 Å². The van der Waals surface area contributed by atoms with Gasteiger partial charge in [0.15, 0.2) is 0 Å². The van der Waals surface area contributed by atoms with Crippen LogP contribution >= 0.6 is 0 Å². The maximum absolute atomic E-state index is 6.87. The molecule has 0 aliphatic rings. The third-order valence-electron chi connectivity index (χ3n) is 0.985. The molecule has 0 saturated heterocycles. The van der Waals surface area contributed by atoms with Gasteiger partial charge < -0.3 is 5.41 Å². The Kier molecular flexibility index (Phi) is 4.46. The highest BCUT2D eigenvalue weighted by atomic mass is 14.7. The summed E-state index contributed by atoms with van der Waals surface area (Å²) < 4.78 is 0. The third kappa shape index (κ3) is 5.22. The molecule has 1 unspecified atom stereocenters. The molecule has 0 saturated carbocycles. The molecule has 0 aliphatic carbocycles. The Morgan fingerprint density at radius 2 is 2.10 bits per heavy atom. The number of aliphatic imine (C=N–C) groups is 1. The molecule has 0 rings (SSSR count). The van der Waals surface area contributed by atoms with Gasteiger partial charge in [-0.15, -0.1) is 0 Å². The van der Waals surface area contributed by atoms with Gasteiger partial charge in [-0.25, -0.2) is 0 Å². The van der Waals surface area contributed by atoms with Crippen molar-refractivity contribution in [2.75, 3.05) is 0 Å². The van der Waals surface area contributed by atoms with Crippen molar-refractivity contribution in [2.45, 2.75) is 20.8 Å². The maximum atomic E-state index is 6.87. The van der Waals surface area contributed by atoms with E-state index in [0.29, 0.717) is 0 Å². The second kappa shape index (κ2) is 4.91. The van der Waals surface area contributed by atoms with Crippen LogP contribution in [0.25, 0.3) is 0 Å². The van der Waals surface area contributed by atoms with Crippen molar-refractivity contribution in [1.82, 2.24) is 0 Å². The van der Waals surface area contributed by atoms with E-state index in [1.54, 1.807) is 6.20 Å². The lowest BCUT2D eigenvalue weighted by Gasteiger charge is -1.90. The molecular formula is C8H14N2. The van der Waals surface area contributed by atoms with Crippen LogP contribution in [0.15, 0.2) is 17.3 Å². The molecule has 0 bridgehead atoms. The zero-order chi connectivity index (χ0) is 7.98. The summed E-state index contributed by atoms with van der Waals surface area (Å²) >= 11 is 0. The molecular weight excluding hydrogens is 124 g/mol. The second-order valence-corrected chi connectivity index (χ2v) is 2.44. The van der Waals surface area contributed by atoms with E-state index in [2.05, 4.69) is 4.99 Å². The molecule has 0 spiro atoms. The standard InChI is InChI=1S/C8H14N2/c1-7(2)10-5-4-8(3)6-9/h4-6,8-9H,1-3H3/b5-4-,9-6?. The van der Waals surface area contributed by atoms with Crippen molar-refractivity contribution in [3.05, 3.63) is 12.3 Å². The molecule has 0 amide bonds. The average molecular weight is 138 g/mol. The van der Waals surface area contributed by atoms with E-state index >= 15 is 0 Å². The van der Waals surface area contributed by atoms with Crippen LogP contribution in [0.5, 0.6) is 0 Å². The van der Waals surface area contributed by atoms with Crippen molar-refractivity contribution in [3.8, 4) is 0 Å². The summed E-state index contributed by atoms with van der Waals surface area (Å²) in [5, 5.41) is 6.87. The SMILES string of the molecule is CC(C)=N/C=C\C(C)C=N. The number of nitrogens with zero attached hydrogens (tertiary/aromatic N) is 1. The smallest absolute Gasteiger partial charge is 0.0233 e. The van der Waals surface area contributed by atoms with Gasteiger partial charge >= 0.3 is 0 Å². The fraction of sp³-hybridized carbons (Fsp3) is 0.500. The van der Waals surface area contributed by atoms with Gasteiger partial charge in [0, 0.05) is 24.0 Å². The van der Waals surface area contributed by atoms with Gasteiger partial charge in [0.05, 0.1) is 0 Å². The number of nitrogens with one attached hydrogen (secondary N) is 1. The summed E-state index contributed by atoms with van der Waals surface area (Å²) in [7, 11) is 0. The van der Waals surface area contributed by atoms with Crippen molar-refractivity contribution >= 4 is 11.9 Å². The normalized spacial score (nSPS) is 13.1. The van der Waals surface area contributed by atoms with E-state index in [1.165, 1.54) is 6.21 Å². The third-order valence-corrected chi connectivity index (χ3v) is 0.985. The molecule has 2 heteroatoms. The summed E-state index contributed by atoms with van der Waals surface area (Å²) in [6.07, 6.45) is 5.02. The summed E-state index contributed by atoms with van der Waals surface area (Å²) in [6.45, 7) is 5.84. The van der Waals surface area contributed by atoms with Crippen molar-refractivity contribution in [3.63, 3.8) is 0 Å². The molecule has 0 fully saturated rings. The zero-order valence-corrected chi connectivity index (χ0v) is 6.76. The molecule has 56 valence electrons. The molecule has 1 atom stereocenters. The van der Waals surface area contributed by atoms with Crippen molar-refractivity contribution in [2.24, 2.45) is 10.9 Å². The summed E-state index contributed by atoms with van der Waals surface area (Å²) in [4.78, 5) is 4.05. The summed E-state index contributed by atoms with van der Waals surface area (Å²) in [5.41, 5.74) is 1.04. The first-order chi connectivity index (χ1) is 4.66. The lowest BCUT2D eigenvalue weighted by Crippen LogP contribution is -1.87. The predicted molar refractivity (Wildman–Crippen MR) is 45.9 cm³/mol. The van der Waals surface area contributed by atoms with E-state index in [4.69, 9.17) is 5.41 Å². The molecule has 0 aliphatic heterocycles. The van der Waals surface area contributed by atoms with E-state index in [0.717, 1.165) is 5.71 Å².